The zero-order valence-corrected chi connectivity index (χ0v) is 16.1. The predicted molar refractivity (Wildman–Crippen MR) is 106 cm³/mol. The lowest BCUT2D eigenvalue weighted by molar-refractivity contribution is 0.0587. The Hall–Kier alpha value is -3.59. The Labute approximate surface area is 167 Å². The third kappa shape index (κ3) is 3.72. The Morgan fingerprint density at radius 2 is 1.83 bits per heavy atom. The molecule has 0 aromatic heterocycles. The van der Waals surface area contributed by atoms with Gasteiger partial charge in [0, 0.05) is 12.2 Å². The van der Waals surface area contributed by atoms with E-state index in [2.05, 4.69) is 5.32 Å². The Morgan fingerprint density at radius 1 is 1.10 bits per heavy atom. The highest BCUT2D eigenvalue weighted by Gasteiger charge is 2.40. The second-order valence-corrected chi connectivity index (χ2v) is 6.32. The number of nitrogens with one attached hydrogen (secondary N) is 1. The maximum Gasteiger partial charge on any atom is 0.316 e. The summed E-state index contributed by atoms with van der Waals surface area (Å²) in [4.78, 5) is 38.1. The monoisotopic (exact) mass is 398 g/mol. The Balaban J connectivity index is 1.98. The average molecular weight is 398 g/mol. The van der Waals surface area contributed by atoms with Gasteiger partial charge in [0.05, 0.1) is 30.9 Å². The SMILES string of the molecule is CCOc1cc(C(CN)N2C(=O)c3ccc(NC(N)=O)cc3C2=O)ccc1OC. The number of hydrogen-bond donors (Lipinski definition) is 3. The van der Waals surface area contributed by atoms with Gasteiger partial charge in [0.15, 0.2) is 11.5 Å². The van der Waals surface area contributed by atoms with Crippen LogP contribution in [0.4, 0.5) is 10.5 Å². The number of benzene rings is 2. The highest BCUT2D eigenvalue weighted by Crippen LogP contribution is 2.36. The summed E-state index contributed by atoms with van der Waals surface area (Å²) in [5.41, 5.74) is 12.4. The van der Waals surface area contributed by atoms with E-state index in [1.54, 1.807) is 18.2 Å². The zero-order valence-electron chi connectivity index (χ0n) is 16.1. The summed E-state index contributed by atoms with van der Waals surface area (Å²) in [6.07, 6.45) is 0. The minimum atomic E-state index is -0.764. The topological polar surface area (TPSA) is 137 Å². The van der Waals surface area contributed by atoms with Crippen LogP contribution >= 0.6 is 0 Å². The molecule has 1 atom stereocenters. The van der Waals surface area contributed by atoms with Crippen molar-refractivity contribution in [2.24, 2.45) is 11.5 Å². The molecule has 1 heterocycles. The molecule has 9 heteroatoms. The third-order valence-electron chi connectivity index (χ3n) is 4.59. The molecule has 2 aromatic carbocycles. The molecule has 0 saturated heterocycles. The van der Waals surface area contributed by atoms with E-state index in [-0.39, 0.29) is 17.7 Å². The van der Waals surface area contributed by atoms with Crippen LogP contribution < -0.4 is 26.3 Å². The number of carbonyl (C=O) groups excluding carboxylic acids is 3. The molecular formula is C20H22N4O5. The second-order valence-electron chi connectivity index (χ2n) is 6.32. The number of amides is 4. The van der Waals surface area contributed by atoms with Gasteiger partial charge in [0.2, 0.25) is 0 Å². The molecule has 0 fully saturated rings. The lowest BCUT2D eigenvalue weighted by Gasteiger charge is -2.26. The number of ether oxygens (including phenoxy) is 2. The van der Waals surface area contributed by atoms with E-state index in [0.717, 1.165) is 4.90 Å². The summed E-state index contributed by atoms with van der Waals surface area (Å²) >= 11 is 0. The third-order valence-corrected chi connectivity index (χ3v) is 4.59. The minimum Gasteiger partial charge on any atom is -0.493 e. The largest absolute Gasteiger partial charge is 0.493 e. The molecule has 152 valence electrons. The molecule has 5 N–H and O–H groups in total. The molecule has 9 nitrogen and oxygen atoms in total. The molecule has 0 aliphatic carbocycles. The number of primary amides is 1. The normalized spacial score (nSPS) is 13.8. The number of urea groups is 1. The first-order chi connectivity index (χ1) is 13.9. The quantitative estimate of drug-likeness (QED) is 0.609. The van der Waals surface area contributed by atoms with Crippen LogP contribution in [0.25, 0.3) is 0 Å². The summed E-state index contributed by atoms with van der Waals surface area (Å²) < 4.78 is 10.9. The van der Waals surface area contributed by atoms with Crippen molar-refractivity contribution in [3.8, 4) is 11.5 Å². The van der Waals surface area contributed by atoms with Gasteiger partial charge in [-0.1, -0.05) is 6.07 Å². The van der Waals surface area contributed by atoms with Gasteiger partial charge in [0.1, 0.15) is 0 Å². The number of methoxy groups -OCH3 is 1. The lowest BCUT2D eigenvalue weighted by atomic mass is 10.0. The van der Waals surface area contributed by atoms with Gasteiger partial charge in [-0.2, -0.15) is 0 Å². The molecule has 1 aliphatic rings. The van der Waals surface area contributed by atoms with E-state index in [1.165, 1.54) is 25.3 Å². The summed E-state index contributed by atoms with van der Waals surface area (Å²) in [7, 11) is 1.53. The molecule has 0 saturated carbocycles. The lowest BCUT2D eigenvalue weighted by Crippen LogP contribution is -2.38. The first kappa shape index (κ1) is 20.2. The van der Waals surface area contributed by atoms with Gasteiger partial charge < -0.3 is 26.3 Å². The molecule has 2 aromatic rings. The van der Waals surface area contributed by atoms with Crippen LogP contribution in [0.15, 0.2) is 36.4 Å². The molecule has 3 rings (SSSR count). The van der Waals surface area contributed by atoms with Crippen LogP contribution in [-0.2, 0) is 0 Å². The Morgan fingerprint density at radius 3 is 2.45 bits per heavy atom. The first-order valence-electron chi connectivity index (χ1n) is 9.00. The molecule has 4 amide bonds. The number of nitrogens with zero attached hydrogens (tertiary/aromatic N) is 1. The van der Waals surface area contributed by atoms with E-state index in [9.17, 15) is 14.4 Å². The fourth-order valence-corrected chi connectivity index (χ4v) is 3.32. The van der Waals surface area contributed by atoms with Crippen molar-refractivity contribution in [3.63, 3.8) is 0 Å². The van der Waals surface area contributed by atoms with Crippen molar-refractivity contribution in [2.45, 2.75) is 13.0 Å². The molecule has 0 spiro atoms. The standard InChI is InChI=1S/C20H22N4O5/c1-3-29-17-8-11(4-7-16(17)28-2)15(10-21)24-18(25)13-6-5-12(23-20(22)27)9-14(13)19(24)26/h4-9,15H,3,10,21H2,1-2H3,(H3,22,23,27). The second kappa shape index (κ2) is 8.19. The average Bonchev–Trinajstić information content (AvgIpc) is 2.93. The predicted octanol–water partition coefficient (Wildman–Crippen LogP) is 1.88. The highest BCUT2D eigenvalue weighted by atomic mass is 16.5. The number of carbonyl (C=O) groups is 3. The maximum atomic E-state index is 13.0. The van der Waals surface area contributed by atoms with Crippen LogP contribution in [-0.4, -0.2) is 43.0 Å². The zero-order chi connectivity index (χ0) is 21.1. The number of rotatable bonds is 7. The van der Waals surface area contributed by atoms with E-state index >= 15 is 0 Å². The van der Waals surface area contributed by atoms with Crippen LogP contribution in [0.3, 0.4) is 0 Å². The molecule has 1 unspecified atom stereocenters. The fraction of sp³-hybridized carbons (Fsp3) is 0.250. The van der Waals surface area contributed by atoms with E-state index in [4.69, 9.17) is 20.9 Å². The maximum absolute atomic E-state index is 13.0. The summed E-state index contributed by atoms with van der Waals surface area (Å²) in [5.74, 6) is 0.0774. The summed E-state index contributed by atoms with van der Waals surface area (Å²) in [6, 6.07) is 8.11. The van der Waals surface area contributed by atoms with Crippen molar-refractivity contribution in [2.75, 3.05) is 25.6 Å². The number of nitrogens with two attached hydrogens (primary N) is 2. The Bertz CT molecular complexity index is 975. The highest BCUT2D eigenvalue weighted by molar-refractivity contribution is 6.22. The number of anilines is 1. The van der Waals surface area contributed by atoms with Crippen LogP contribution in [0.1, 0.15) is 39.2 Å². The van der Waals surface area contributed by atoms with Crippen molar-refractivity contribution < 1.29 is 23.9 Å². The fourth-order valence-electron chi connectivity index (χ4n) is 3.32. The molecule has 0 radical (unpaired) electrons. The van der Waals surface area contributed by atoms with E-state index < -0.39 is 23.9 Å². The van der Waals surface area contributed by atoms with Gasteiger partial charge >= 0.3 is 6.03 Å². The van der Waals surface area contributed by atoms with Crippen LogP contribution in [0.2, 0.25) is 0 Å². The van der Waals surface area contributed by atoms with Gasteiger partial charge in [-0.15, -0.1) is 0 Å². The molecule has 29 heavy (non-hydrogen) atoms. The summed E-state index contributed by atoms with van der Waals surface area (Å²) in [5, 5.41) is 2.40. The first-order valence-corrected chi connectivity index (χ1v) is 9.00. The minimum absolute atomic E-state index is 0.0236. The number of hydrogen-bond acceptors (Lipinski definition) is 6. The van der Waals surface area contributed by atoms with Crippen molar-refractivity contribution in [1.29, 1.82) is 0 Å². The van der Waals surface area contributed by atoms with Gasteiger partial charge in [-0.25, -0.2) is 4.79 Å². The van der Waals surface area contributed by atoms with Crippen molar-refractivity contribution in [1.82, 2.24) is 4.90 Å². The molecule has 0 bridgehead atoms. The van der Waals surface area contributed by atoms with Crippen LogP contribution in [0, 0.1) is 0 Å². The van der Waals surface area contributed by atoms with Crippen LogP contribution in [0.5, 0.6) is 11.5 Å². The summed E-state index contributed by atoms with van der Waals surface area (Å²) in [6.45, 7) is 2.29. The van der Waals surface area contributed by atoms with Gasteiger partial charge in [0.25, 0.3) is 11.8 Å². The number of imide groups is 1. The Kier molecular flexibility index (Phi) is 5.69. The van der Waals surface area contributed by atoms with Crippen molar-refractivity contribution >= 4 is 23.5 Å². The smallest absolute Gasteiger partial charge is 0.316 e. The molecule has 1 aliphatic heterocycles. The van der Waals surface area contributed by atoms with Crippen molar-refractivity contribution in [3.05, 3.63) is 53.1 Å². The van der Waals surface area contributed by atoms with E-state index in [1.807, 2.05) is 6.92 Å². The van der Waals surface area contributed by atoms with Gasteiger partial charge in [-0.05, 0) is 42.8 Å². The molecular weight excluding hydrogens is 376 g/mol. The number of fused-ring (bicyclic) bond motifs is 1. The van der Waals surface area contributed by atoms with E-state index in [0.29, 0.717) is 29.4 Å². The van der Waals surface area contributed by atoms with Gasteiger partial charge in [-0.3, -0.25) is 14.5 Å².